The molecule has 0 atom stereocenters. The third-order valence-corrected chi connectivity index (χ3v) is 4.34. The summed E-state index contributed by atoms with van der Waals surface area (Å²) in [5, 5.41) is 4.20. The van der Waals surface area contributed by atoms with Gasteiger partial charge in [0.1, 0.15) is 4.88 Å². The van der Waals surface area contributed by atoms with Gasteiger partial charge in [-0.1, -0.05) is 30.3 Å². The second kappa shape index (κ2) is 7.02. The molecule has 0 radical (unpaired) electrons. The van der Waals surface area contributed by atoms with Crippen LogP contribution in [0.2, 0.25) is 0 Å². The highest BCUT2D eigenvalue weighted by atomic mass is 35.5. The number of aromatic nitrogens is 1. The molecule has 3 rings (SSSR count). The van der Waals surface area contributed by atoms with Crippen LogP contribution in [0.3, 0.4) is 0 Å². The molecule has 6 heteroatoms. The van der Waals surface area contributed by atoms with Gasteiger partial charge in [-0.2, -0.15) is 0 Å². The normalized spacial score (nSPS) is 14.6. The van der Waals surface area contributed by atoms with Gasteiger partial charge in [0.15, 0.2) is 0 Å². The number of piperazine rings is 1. The third kappa shape index (κ3) is 3.43. The van der Waals surface area contributed by atoms with Crippen LogP contribution < -0.4 is 5.32 Å². The van der Waals surface area contributed by atoms with Gasteiger partial charge in [0, 0.05) is 31.7 Å². The van der Waals surface area contributed by atoms with Gasteiger partial charge in [0.25, 0.3) is 5.91 Å². The lowest BCUT2D eigenvalue weighted by Gasteiger charge is -2.27. The van der Waals surface area contributed by atoms with Crippen molar-refractivity contribution in [2.45, 2.75) is 6.92 Å². The van der Waals surface area contributed by atoms with Crippen molar-refractivity contribution in [1.29, 1.82) is 0 Å². The molecule has 1 saturated heterocycles. The molecule has 0 bridgehead atoms. The average Bonchev–Trinajstić information content (AvgIpc) is 2.90. The fourth-order valence-corrected chi connectivity index (χ4v) is 3.28. The van der Waals surface area contributed by atoms with E-state index >= 15 is 0 Å². The first kappa shape index (κ1) is 15.9. The lowest BCUT2D eigenvalue weighted by atomic mass is 10.1. The molecular weight excluding hydrogens is 306 g/mol. The Balaban J connectivity index is 0.00000161. The Kier molecular flexibility index (Phi) is 5.33. The second-order valence-corrected chi connectivity index (χ2v) is 6.02. The lowest BCUT2D eigenvalue weighted by molar-refractivity contribution is 0.0741. The Morgan fingerprint density at radius 1 is 1.24 bits per heavy atom. The minimum atomic E-state index is 0. The van der Waals surface area contributed by atoms with E-state index in [4.69, 9.17) is 0 Å². The van der Waals surface area contributed by atoms with Crippen molar-refractivity contribution in [3.05, 3.63) is 40.2 Å². The summed E-state index contributed by atoms with van der Waals surface area (Å²) in [5.41, 5.74) is 1.83. The highest BCUT2D eigenvalue weighted by molar-refractivity contribution is 7.14. The van der Waals surface area contributed by atoms with Crippen molar-refractivity contribution in [1.82, 2.24) is 15.2 Å². The van der Waals surface area contributed by atoms with Crippen molar-refractivity contribution < 1.29 is 4.79 Å². The van der Waals surface area contributed by atoms with E-state index < -0.39 is 0 Å². The molecule has 0 saturated carbocycles. The predicted molar refractivity (Wildman–Crippen MR) is 88.3 cm³/mol. The topological polar surface area (TPSA) is 45.2 Å². The zero-order valence-corrected chi connectivity index (χ0v) is 13.5. The number of amides is 1. The summed E-state index contributed by atoms with van der Waals surface area (Å²) in [4.78, 5) is 19.9. The Labute approximate surface area is 134 Å². The summed E-state index contributed by atoms with van der Waals surface area (Å²) in [6, 6.07) is 9.93. The molecule has 21 heavy (non-hydrogen) atoms. The molecule has 2 heterocycles. The molecule has 2 aromatic rings. The fourth-order valence-electron chi connectivity index (χ4n) is 2.38. The summed E-state index contributed by atoms with van der Waals surface area (Å²) in [6.07, 6.45) is 0. The lowest BCUT2D eigenvalue weighted by Crippen LogP contribution is -2.46. The minimum absolute atomic E-state index is 0. The maximum Gasteiger partial charge on any atom is 0.266 e. The molecule has 0 unspecified atom stereocenters. The van der Waals surface area contributed by atoms with Gasteiger partial charge in [-0.05, 0) is 6.92 Å². The summed E-state index contributed by atoms with van der Waals surface area (Å²) in [6.45, 7) is 5.22. The van der Waals surface area contributed by atoms with Crippen LogP contribution in [0.5, 0.6) is 0 Å². The summed E-state index contributed by atoms with van der Waals surface area (Å²) >= 11 is 1.49. The first-order chi connectivity index (χ1) is 9.75. The number of carbonyl (C=O) groups is 1. The fraction of sp³-hybridized carbons (Fsp3) is 0.333. The van der Waals surface area contributed by atoms with Gasteiger partial charge in [-0.25, -0.2) is 4.98 Å². The van der Waals surface area contributed by atoms with Crippen molar-refractivity contribution >= 4 is 29.7 Å². The quantitative estimate of drug-likeness (QED) is 0.924. The Morgan fingerprint density at radius 3 is 2.57 bits per heavy atom. The number of halogens is 1. The van der Waals surface area contributed by atoms with E-state index in [9.17, 15) is 4.79 Å². The van der Waals surface area contributed by atoms with Crippen molar-refractivity contribution in [2.24, 2.45) is 0 Å². The monoisotopic (exact) mass is 323 g/mol. The molecule has 1 N–H and O–H groups in total. The summed E-state index contributed by atoms with van der Waals surface area (Å²) < 4.78 is 0. The van der Waals surface area contributed by atoms with Gasteiger partial charge >= 0.3 is 0 Å². The van der Waals surface area contributed by atoms with E-state index in [-0.39, 0.29) is 18.3 Å². The van der Waals surface area contributed by atoms with Crippen LogP contribution in [0.4, 0.5) is 0 Å². The molecule has 1 aliphatic heterocycles. The van der Waals surface area contributed by atoms with Crippen LogP contribution in [0.1, 0.15) is 14.7 Å². The Hall–Kier alpha value is -1.43. The number of benzene rings is 1. The van der Waals surface area contributed by atoms with Gasteiger partial charge in [0.05, 0.1) is 10.7 Å². The summed E-state index contributed by atoms with van der Waals surface area (Å²) in [5.74, 6) is 0.107. The van der Waals surface area contributed by atoms with Crippen molar-refractivity contribution in [3.63, 3.8) is 0 Å². The first-order valence-electron chi connectivity index (χ1n) is 6.78. The zero-order valence-electron chi connectivity index (χ0n) is 11.8. The highest BCUT2D eigenvalue weighted by Gasteiger charge is 2.24. The van der Waals surface area contributed by atoms with E-state index in [0.717, 1.165) is 47.3 Å². The van der Waals surface area contributed by atoms with Crippen LogP contribution in [-0.4, -0.2) is 42.0 Å². The summed E-state index contributed by atoms with van der Waals surface area (Å²) in [7, 11) is 0. The van der Waals surface area contributed by atoms with Gasteiger partial charge < -0.3 is 10.2 Å². The number of hydrogen-bond donors (Lipinski definition) is 1. The molecule has 1 fully saturated rings. The predicted octanol–water partition coefficient (Wildman–Crippen LogP) is 2.59. The van der Waals surface area contributed by atoms with Gasteiger partial charge in [0.2, 0.25) is 0 Å². The second-order valence-electron chi connectivity index (χ2n) is 4.82. The van der Waals surface area contributed by atoms with Crippen LogP contribution in [0.15, 0.2) is 30.3 Å². The largest absolute Gasteiger partial charge is 0.335 e. The van der Waals surface area contributed by atoms with Gasteiger partial charge in [-0.3, -0.25) is 4.79 Å². The maximum absolute atomic E-state index is 12.7. The number of aryl methyl sites for hydroxylation is 1. The van der Waals surface area contributed by atoms with Crippen molar-refractivity contribution in [3.8, 4) is 11.3 Å². The third-order valence-electron chi connectivity index (χ3n) is 3.38. The highest BCUT2D eigenvalue weighted by Crippen LogP contribution is 2.29. The molecule has 0 spiro atoms. The number of hydrogen-bond acceptors (Lipinski definition) is 4. The molecular formula is C15H18ClN3OS. The number of carbonyl (C=O) groups excluding carboxylic acids is 1. The van der Waals surface area contributed by atoms with E-state index in [1.54, 1.807) is 0 Å². The Bertz CT molecular complexity index is 609. The van der Waals surface area contributed by atoms with Crippen molar-refractivity contribution in [2.75, 3.05) is 26.2 Å². The number of rotatable bonds is 2. The van der Waals surface area contributed by atoms with E-state index in [1.165, 1.54) is 11.3 Å². The number of thiazole rings is 1. The maximum atomic E-state index is 12.7. The number of nitrogens with one attached hydrogen (secondary N) is 1. The van der Waals surface area contributed by atoms with Crippen LogP contribution in [0, 0.1) is 6.92 Å². The van der Waals surface area contributed by atoms with E-state index in [1.807, 2.05) is 42.2 Å². The van der Waals surface area contributed by atoms with Crippen LogP contribution in [-0.2, 0) is 0 Å². The van der Waals surface area contributed by atoms with E-state index in [2.05, 4.69) is 10.3 Å². The molecule has 1 amide bonds. The molecule has 1 aliphatic rings. The SMILES string of the molecule is Cc1nc(-c2ccccc2)c(C(=O)N2CCNCC2)s1.Cl. The zero-order chi connectivity index (χ0) is 13.9. The molecule has 1 aromatic heterocycles. The molecule has 112 valence electrons. The number of nitrogens with zero attached hydrogens (tertiary/aromatic N) is 2. The van der Waals surface area contributed by atoms with Crippen LogP contribution in [0.25, 0.3) is 11.3 Å². The minimum Gasteiger partial charge on any atom is -0.335 e. The molecule has 0 aliphatic carbocycles. The molecule has 4 nitrogen and oxygen atoms in total. The van der Waals surface area contributed by atoms with Gasteiger partial charge in [-0.15, -0.1) is 23.7 Å². The smallest absolute Gasteiger partial charge is 0.266 e. The Morgan fingerprint density at radius 2 is 1.90 bits per heavy atom. The first-order valence-corrected chi connectivity index (χ1v) is 7.60. The molecule has 1 aromatic carbocycles. The standard InChI is InChI=1S/C15H17N3OS.ClH/c1-11-17-13(12-5-3-2-4-6-12)14(20-11)15(19)18-9-7-16-8-10-18;/h2-6,16H,7-10H2,1H3;1H. The van der Waals surface area contributed by atoms with E-state index in [0.29, 0.717) is 0 Å². The average molecular weight is 324 g/mol. The van der Waals surface area contributed by atoms with Crippen LogP contribution >= 0.6 is 23.7 Å².